The molecule has 10 heteroatoms. The van der Waals surface area contributed by atoms with E-state index in [1.54, 1.807) is 6.07 Å². The van der Waals surface area contributed by atoms with Gasteiger partial charge in [0.25, 0.3) is 5.91 Å². The first kappa shape index (κ1) is 19.4. The van der Waals surface area contributed by atoms with E-state index >= 15 is 0 Å². The van der Waals surface area contributed by atoms with Gasteiger partial charge in [0.15, 0.2) is 0 Å². The molecule has 0 radical (unpaired) electrons. The van der Waals surface area contributed by atoms with Gasteiger partial charge >= 0.3 is 5.69 Å². The second kappa shape index (κ2) is 8.53. The number of carbonyl (C=O) groups is 1. The lowest BCUT2D eigenvalue weighted by Gasteiger charge is -2.01. The van der Waals surface area contributed by atoms with Crippen molar-refractivity contribution in [2.24, 2.45) is 5.10 Å². The summed E-state index contributed by atoms with van der Waals surface area (Å²) in [6.07, 6.45) is 2.29. The Morgan fingerprint density at radius 2 is 2.11 bits per heavy atom. The van der Waals surface area contributed by atoms with Crippen LogP contribution in [0.1, 0.15) is 21.6 Å². The summed E-state index contributed by atoms with van der Waals surface area (Å²) >= 11 is 3.35. The van der Waals surface area contributed by atoms with Crippen LogP contribution in [-0.2, 0) is 6.54 Å². The van der Waals surface area contributed by atoms with Crippen molar-refractivity contribution in [3.05, 3.63) is 92.0 Å². The van der Waals surface area contributed by atoms with Crippen LogP contribution in [0.4, 0.5) is 10.1 Å². The Morgan fingerprint density at radius 1 is 1.32 bits per heavy atom. The van der Waals surface area contributed by atoms with Gasteiger partial charge in [0, 0.05) is 10.0 Å². The molecule has 8 nitrogen and oxygen atoms in total. The average Bonchev–Trinajstić information content (AvgIpc) is 3.07. The molecular formula is C18H13BrFN5O3. The number of nitro groups is 1. The van der Waals surface area contributed by atoms with Gasteiger partial charge in [-0.15, -0.1) is 0 Å². The van der Waals surface area contributed by atoms with Gasteiger partial charge in [-0.3, -0.25) is 19.6 Å². The quantitative estimate of drug-likeness (QED) is 0.356. The van der Waals surface area contributed by atoms with Crippen LogP contribution >= 0.6 is 15.9 Å². The van der Waals surface area contributed by atoms with E-state index in [0.29, 0.717) is 0 Å². The Balaban J connectivity index is 1.78. The first-order valence-corrected chi connectivity index (χ1v) is 8.77. The molecular weight excluding hydrogens is 433 g/mol. The third-order valence-electron chi connectivity index (χ3n) is 3.66. The maximum atomic E-state index is 13.5. The summed E-state index contributed by atoms with van der Waals surface area (Å²) in [7, 11) is 0. The van der Waals surface area contributed by atoms with Crippen molar-refractivity contribution in [1.82, 2.24) is 15.2 Å². The molecule has 0 aliphatic rings. The highest BCUT2D eigenvalue weighted by Gasteiger charge is 2.25. The molecule has 0 fully saturated rings. The van der Waals surface area contributed by atoms with Crippen LogP contribution in [-0.4, -0.2) is 26.8 Å². The third kappa shape index (κ3) is 4.65. The van der Waals surface area contributed by atoms with Crippen LogP contribution in [0.15, 0.2) is 64.3 Å². The number of aromatic nitrogens is 2. The van der Waals surface area contributed by atoms with Crippen LogP contribution in [0.3, 0.4) is 0 Å². The van der Waals surface area contributed by atoms with Gasteiger partial charge in [-0.1, -0.05) is 46.3 Å². The smallest absolute Gasteiger partial charge is 0.265 e. The molecule has 3 aromatic rings. The minimum Gasteiger partial charge on any atom is -0.265 e. The second-order valence-electron chi connectivity index (χ2n) is 5.67. The van der Waals surface area contributed by atoms with E-state index in [2.05, 4.69) is 31.6 Å². The van der Waals surface area contributed by atoms with Crippen molar-refractivity contribution in [1.29, 1.82) is 0 Å². The minimum absolute atomic E-state index is 0.164. The number of hydrogen-bond donors (Lipinski definition) is 1. The molecule has 3 rings (SSSR count). The normalized spacial score (nSPS) is 10.9. The number of benzene rings is 2. The lowest BCUT2D eigenvalue weighted by atomic mass is 10.2. The average molecular weight is 446 g/mol. The summed E-state index contributed by atoms with van der Waals surface area (Å²) in [6, 6.07) is 13.2. The standard InChI is InChI=1S/C18H13BrFN5O3/c19-14-6-3-4-12(8-14)10-24-11-16(25(27)28)17(23-24)18(26)22-21-9-13-5-1-2-7-15(13)20/h1-9,11H,10H2,(H,22,26)/b21-9-. The van der Waals surface area contributed by atoms with E-state index in [9.17, 15) is 19.3 Å². The summed E-state index contributed by atoms with van der Waals surface area (Å²) in [4.78, 5) is 22.8. The molecule has 0 saturated carbocycles. The predicted octanol–water partition coefficient (Wildman–Crippen LogP) is 3.51. The summed E-state index contributed by atoms with van der Waals surface area (Å²) in [5.74, 6) is -1.38. The third-order valence-corrected chi connectivity index (χ3v) is 4.16. The monoisotopic (exact) mass is 445 g/mol. The number of hydrogen-bond acceptors (Lipinski definition) is 5. The van der Waals surface area contributed by atoms with E-state index in [-0.39, 0.29) is 17.8 Å². The minimum atomic E-state index is -0.868. The topological polar surface area (TPSA) is 102 Å². The summed E-state index contributed by atoms with van der Waals surface area (Å²) in [6.45, 7) is 0.242. The molecule has 0 aliphatic carbocycles. The molecule has 0 atom stereocenters. The van der Waals surface area contributed by atoms with Crippen LogP contribution < -0.4 is 5.43 Å². The fourth-order valence-corrected chi connectivity index (χ4v) is 2.85. The molecule has 0 aliphatic heterocycles. The number of carbonyl (C=O) groups excluding carboxylic acids is 1. The van der Waals surface area contributed by atoms with Crippen LogP contribution in [0, 0.1) is 15.9 Å². The summed E-state index contributed by atoms with van der Waals surface area (Å²) in [5.41, 5.74) is 2.31. The molecule has 1 amide bonds. The highest BCUT2D eigenvalue weighted by Crippen LogP contribution is 2.19. The van der Waals surface area contributed by atoms with E-state index in [1.807, 2.05) is 24.3 Å². The maximum absolute atomic E-state index is 13.5. The maximum Gasteiger partial charge on any atom is 0.320 e. The van der Waals surface area contributed by atoms with Crippen LogP contribution in [0.5, 0.6) is 0 Å². The molecule has 0 spiro atoms. The molecule has 1 aromatic heterocycles. The molecule has 0 unspecified atom stereocenters. The Labute approximate surface area is 167 Å². The van der Waals surface area contributed by atoms with Crippen molar-refractivity contribution < 1.29 is 14.1 Å². The Kier molecular flexibility index (Phi) is 5.90. The highest BCUT2D eigenvalue weighted by molar-refractivity contribution is 9.10. The lowest BCUT2D eigenvalue weighted by molar-refractivity contribution is -0.385. The van der Waals surface area contributed by atoms with E-state index in [4.69, 9.17) is 0 Å². The fourth-order valence-electron chi connectivity index (χ4n) is 2.40. The van der Waals surface area contributed by atoms with Gasteiger partial charge in [-0.05, 0) is 23.8 Å². The molecule has 2 aromatic carbocycles. The largest absolute Gasteiger partial charge is 0.320 e. The van der Waals surface area contributed by atoms with Crippen molar-refractivity contribution in [3.63, 3.8) is 0 Å². The number of halogens is 2. The van der Waals surface area contributed by atoms with Crippen molar-refractivity contribution in [3.8, 4) is 0 Å². The van der Waals surface area contributed by atoms with Crippen LogP contribution in [0.25, 0.3) is 0 Å². The zero-order chi connectivity index (χ0) is 20.1. The highest BCUT2D eigenvalue weighted by atomic mass is 79.9. The molecule has 28 heavy (non-hydrogen) atoms. The van der Waals surface area contributed by atoms with Gasteiger partial charge < -0.3 is 0 Å². The van der Waals surface area contributed by atoms with Gasteiger partial charge in [-0.2, -0.15) is 10.2 Å². The van der Waals surface area contributed by atoms with Gasteiger partial charge in [0.05, 0.1) is 17.7 Å². The van der Waals surface area contributed by atoms with Crippen LogP contribution in [0.2, 0.25) is 0 Å². The Morgan fingerprint density at radius 3 is 2.82 bits per heavy atom. The number of nitrogens with one attached hydrogen (secondary N) is 1. The zero-order valence-electron chi connectivity index (χ0n) is 14.3. The Hall–Kier alpha value is -3.40. The first-order chi connectivity index (χ1) is 13.4. The molecule has 0 bridgehead atoms. The molecule has 142 valence electrons. The van der Waals surface area contributed by atoms with E-state index < -0.39 is 22.3 Å². The molecule has 0 saturated heterocycles. The number of hydrazone groups is 1. The van der Waals surface area contributed by atoms with Crippen molar-refractivity contribution >= 4 is 33.7 Å². The van der Waals surface area contributed by atoms with E-state index in [1.165, 1.54) is 29.1 Å². The van der Waals surface area contributed by atoms with Gasteiger partial charge in [-0.25, -0.2) is 9.82 Å². The number of rotatable bonds is 6. The second-order valence-corrected chi connectivity index (χ2v) is 6.58. The Bertz CT molecular complexity index is 1070. The zero-order valence-corrected chi connectivity index (χ0v) is 15.8. The first-order valence-electron chi connectivity index (χ1n) is 7.98. The van der Waals surface area contributed by atoms with Gasteiger partial charge in [0.2, 0.25) is 5.69 Å². The molecule has 1 N–H and O–H groups in total. The summed E-state index contributed by atoms with van der Waals surface area (Å²) < 4.78 is 15.7. The lowest BCUT2D eigenvalue weighted by Crippen LogP contribution is -2.20. The molecule has 1 heterocycles. The fraction of sp³-hybridized carbons (Fsp3) is 0.0556. The number of nitrogens with zero attached hydrogens (tertiary/aromatic N) is 4. The van der Waals surface area contributed by atoms with Crippen molar-refractivity contribution in [2.75, 3.05) is 0 Å². The number of amides is 1. The predicted molar refractivity (Wildman–Crippen MR) is 104 cm³/mol. The van der Waals surface area contributed by atoms with E-state index in [0.717, 1.165) is 16.3 Å². The van der Waals surface area contributed by atoms with Crippen molar-refractivity contribution in [2.45, 2.75) is 6.54 Å². The van der Waals surface area contributed by atoms with Gasteiger partial charge in [0.1, 0.15) is 12.0 Å². The summed E-state index contributed by atoms with van der Waals surface area (Å²) in [5, 5.41) is 18.9. The SMILES string of the molecule is O=C(N/N=C\c1ccccc1F)c1nn(Cc2cccc(Br)c2)cc1[N+](=O)[O-].